The summed E-state index contributed by atoms with van der Waals surface area (Å²) in [5, 5.41) is -0.120. The Hall–Kier alpha value is -1.88. The fourth-order valence-electron chi connectivity index (χ4n) is 1.81. The van der Waals surface area contributed by atoms with Crippen LogP contribution in [0.1, 0.15) is 21.5 Å². The fourth-order valence-corrected chi connectivity index (χ4v) is 1.93. The predicted octanol–water partition coefficient (Wildman–Crippen LogP) is 4.92. The third kappa shape index (κ3) is 3.82. The van der Waals surface area contributed by atoms with Crippen LogP contribution in [0.15, 0.2) is 42.5 Å². The molecule has 0 aliphatic carbocycles. The van der Waals surface area contributed by atoms with Crippen molar-refractivity contribution in [3.05, 3.63) is 70.0 Å². The fraction of sp³-hybridized carbons (Fsp3) is 0.133. The Labute approximate surface area is 123 Å². The average molecular weight is 317 g/mol. The van der Waals surface area contributed by atoms with Crippen LogP contribution in [0.25, 0.3) is 0 Å². The molecular weight excluding hydrogens is 308 g/mol. The molecule has 0 aliphatic rings. The summed E-state index contributed by atoms with van der Waals surface area (Å²) in [5.41, 5.74) is -0.547. The zero-order valence-corrected chi connectivity index (χ0v) is 11.3. The Morgan fingerprint density at radius 3 is 2.43 bits per heavy atom. The van der Waals surface area contributed by atoms with Crippen LogP contribution in [0.3, 0.4) is 0 Å². The first-order chi connectivity index (χ1) is 9.77. The second-order valence-electron chi connectivity index (χ2n) is 4.43. The lowest BCUT2D eigenvalue weighted by Gasteiger charge is -2.08. The van der Waals surface area contributed by atoms with Crippen LogP contribution in [0.5, 0.6) is 0 Å². The van der Waals surface area contributed by atoms with E-state index in [1.807, 2.05) is 0 Å². The summed E-state index contributed by atoms with van der Waals surface area (Å²) >= 11 is 5.51. The topological polar surface area (TPSA) is 17.1 Å². The van der Waals surface area contributed by atoms with Gasteiger partial charge in [0.05, 0.1) is 10.6 Å². The van der Waals surface area contributed by atoms with Gasteiger partial charge in [0.15, 0.2) is 5.78 Å². The van der Waals surface area contributed by atoms with Gasteiger partial charge in [0.25, 0.3) is 0 Å². The van der Waals surface area contributed by atoms with Gasteiger partial charge in [-0.15, -0.1) is 0 Å². The van der Waals surface area contributed by atoms with Crippen molar-refractivity contribution in [2.75, 3.05) is 0 Å². The second kappa shape index (κ2) is 5.85. The zero-order chi connectivity index (χ0) is 15.6. The summed E-state index contributed by atoms with van der Waals surface area (Å²) in [5.74, 6) is -1.23. The van der Waals surface area contributed by atoms with Crippen molar-refractivity contribution >= 4 is 17.4 Å². The average Bonchev–Trinajstić information content (AvgIpc) is 2.41. The molecule has 6 heteroatoms. The molecule has 1 nitrogen and oxygen atoms in total. The van der Waals surface area contributed by atoms with Gasteiger partial charge >= 0.3 is 6.18 Å². The number of carbonyl (C=O) groups excluding carboxylic acids is 1. The lowest BCUT2D eigenvalue weighted by atomic mass is 10.0. The van der Waals surface area contributed by atoms with E-state index in [4.69, 9.17) is 11.6 Å². The largest absolute Gasteiger partial charge is 0.416 e. The van der Waals surface area contributed by atoms with Crippen molar-refractivity contribution in [1.82, 2.24) is 0 Å². The summed E-state index contributed by atoms with van der Waals surface area (Å²) < 4.78 is 51.0. The number of Topliss-reactive ketones (excluding diaryl/α,β-unsaturated/α-hetero) is 1. The maximum absolute atomic E-state index is 13.3. The molecule has 110 valence electrons. The van der Waals surface area contributed by atoms with Gasteiger partial charge in [-0.25, -0.2) is 4.39 Å². The van der Waals surface area contributed by atoms with Crippen LogP contribution in [-0.4, -0.2) is 5.78 Å². The molecule has 0 atom stereocenters. The van der Waals surface area contributed by atoms with Crippen LogP contribution in [-0.2, 0) is 12.6 Å². The highest BCUT2D eigenvalue weighted by Gasteiger charge is 2.30. The molecule has 0 N–H and O–H groups in total. The van der Waals surface area contributed by atoms with Crippen molar-refractivity contribution in [3.8, 4) is 0 Å². The third-order valence-electron chi connectivity index (χ3n) is 2.86. The van der Waals surface area contributed by atoms with Gasteiger partial charge < -0.3 is 0 Å². The zero-order valence-electron chi connectivity index (χ0n) is 10.5. The minimum absolute atomic E-state index is 0.0642. The summed E-state index contributed by atoms with van der Waals surface area (Å²) in [7, 11) is 0. The summed E-state index contributed by atoms with van der Waals surface area (Å²) in [4.78, 5) is 11.9. The van der Waals surface area contributed by atoms with Crippen molar-refractivity contribution in [2.24, 2.45) is 0 Å². The molecule has 0 bridgehead atoms. The molecule has 2 aromatic carbocycles. The van der Waals surface area contributed by atoms with E-state index in [0.29, 0.717) is 0 Å². The molecule has 0 unspecified atom stereocenters. The molecule has 0 spiro atoms. The Morgan fingerprint density at radius 1 is 1.10 bits per heavy atom. The van der Waals surface area contributed by atoms with E-state index in [1.54, 1.807) is 0 Å². The maximum Gasteiger partial charge on any atom is 0.416 e. The van der Waals surface area contributed by atoms with Crippen molar-refractivity contribution in [1.29, 1.82) is 0 Å². The molecule has 0 fully saturated rings. The minimum Gasteiger partial charge on any atom is -0.294 e. The molecule has 0 saturated carbocycles. The number of halogens is 5. The molecular formula is C15H9ClF4O. The van der Waals surface area contributed by atoms with E-state index in [2.05, 4.69) is 0 Å². The van der Waals surface area contributed by atoms with Crippen LogP contribution in [0.4, 0.5) is 17.6 Å². The summed E-state index contributed by atoms with van der Waals surface area (Å²) in [6, 6.07) is 8.02. The smallest absolute Gasteiger partial charge is 0.294 e. The van der Waals surface area contributed by atoms with E-state index >= 15 is 0 Å². The standard InChI is InChI=1S/C15H9ClF4O/c16-12-5-4-10(8-13(12)17)14(21)7-9-2-1-3-11(6-9)15(18,19)20/h1-6,8H,7H2. The quantitative estimate of drug-likeness (QED) is 0.580. The van der Waals surface area contributed by atoms with Gasteiger partial charge in [-0.05, 0) is 29.8 Å². The van der Waals surface area contributed by atoms with E-state index in [9.17, 15) is 22.4 Å². The van der Waals surface area contributed by atoms with Gasteiger partial charge in [-0.2, -0.15) is 13.2 Å². The number of ketones is 1. The first kappa shape index (κ1) is 15.5. The Morgan fingerprint density at radius 2 is 1.81 bits per heavy atom. The number of carbonyl (C=O) groups is 1. The molecule has 0 saturated heterocycles. The molecule has 21 heavy (non-hydrogen) atoms. The van der Waals surface area contributed by atoms with E-state index in [0.717, 1.165) is 18.2 Å². The lowest BCUT2D eigenvalue weighted by molar-refractivity contribution is -0.137. The van der Waals surface area contributed by atoms with E-state index < -0.39 is 23.3 Å². The highest BCUT2D eigenvalue weighted by Crippen LogP contribution is 2.29. The van der Waals surface area contributed by atoms with Crippen LogP contribution in [0.2, 0.25) is 5.02 Å². The molecule has 0 amide bonds. The van der Waals surface area contributed by atoms with Gasteiger partial charge in [0, 0.05) is 12.0 Å². The number of hydrogen-bond donors (Lipinski definition) is 0. The number of hydrogen-bond acceptors (Lipinski definition) is 1. The van der Waals surface area contributed by atoms with Gasteiger partial charge in [0.2, 0.25) is 0 Å². The Bertz CT molecular complexity index is 680. The van der Waals surface area contributed by atoms with Crippen molar-refractivity contribution in [3.63, 3.8) is 0 Å². The van der Waals surface area contributed by atoms with Crippen molar-refractivity contribution in [2.45, 2.75) is 12.6 Å². The minimum atomic E-state index is -4.47. The van der Waals surface area contributed by atoms with Crippen molar-refractivity contribution < 1.29 is 22.4 Å². The summed E-state index contributed by atoms with van der Waals surface area (Å²) in [6.45, 7) is 0. The summed E-state index contributed by atoms with van der Waals surface area (Å²) in [6.07, 6.45) is -4.71. The van der Waals surface area contributed by atoms with E-state index in [1.165, 1.54) is 24.3 Å². The van der Waals surface area contributed by atoms with Crippen LogP contribution < -0.4 is 0 Å². The van der Waals surface area contributed by atoms with Gasteiger partial charge in [-0.1, -0.05) is 29.8 Å². The third-order valence-corrected chi connectivity index (χ3v) is 3.17. The second-order valence-corrected chi connectivity index (χ2v) is 4.83. The molecule has 0 aliphatic heterocycles. The first-order valence-electron chi connectivity index (χ1n) is 5.92. The molecule has 2 aromatic rings. The van der Waals surface area contributed by atoms with Gasteiger partial charge in [0.1, 0.15) is 5.82 Å². The van der Waals surface area contributed by atoms with E-state index in [-0.39, 0.29) is 22.6 Å². The number of benzene rings is 2. The number of rotatable bonds is 3. The molecule has 0 heterocycles. The predicted molar refractivity (Wildman–Crippen MR) is 70.9 cm³/mol. The SMILES string of the molecule is O=C(Cc1cccc(C(F)(F)F)c1)c1ccc(Cl)c(F)c1. The highest BCUT2D eigenvalue weighted by atomic mass is 35.5. The van der Waals surface area contributed by atoms with Gasteiger partial charge in [-0.3, -0.25) is 4.79 Å². The lowest BCUT2D eigenvalue weighted by Crippen LogP contribution is -2.08. The molecule has 2 rings (SSSR count). The Balaban J connectivity index is 2.21. The molecule has 0 radical (unpaired) electrons. The number of alkyl halides is 3. The molecule has 0 aromatic heterocycles. The normalized spacial score (nSPS) is 11.5. The first-order valence-corrected chi connectivity index (χ1v) is 6.29. The van der Waals surface area contributed by atoms with Crippen LogP contribution in [0, 0.1) is 5.82 Å². The maximum atomic E-state index is 13.3. The highest BCUT2D eigenvalue weighted by molar-refractivity contribution is 6.30. The van der Waals surface area contributed by atoms with Crippen LogP contribution >= 0.6 is 11.6 Å². The Kier molecular flexibility index (Phi) is 4.32. The monoisotopic (exact) mass is 316 g/mol.